The summed E-state index contributed by atoms with van der Waals surface area (Å²) < 4.78 is 10.6. The number of fused-ring (bicyclic) bond motifs is 1. The first-order valence-corrected chi connectivity index (χ1v) is 10.9. The molecule has 0 aliphatic carbocycles. The van der Waals surface area contributed by atoms with E-state index in [0.717, 1.165) is 17.5 Å². The summed E-state index contributed by atoms with van der Waals surface area (Å²) in [5, 5.41) is 2.97. The molecule has 7 heteroatoms. The van der Waals surface area contributed by atoms with Crippen LogP contribution in [0.2, 0.25) is 0 Å². The van der Waals surface area contributed by atoms with Gasteiger partial charge in [0, 0.05) is 30.1 Å². The third-order valence-electron chi connectivity index (χ3n) is 5.30. The van der Waals surface area contributed by atoms with Gasteiger partial charge in [0.05, 0.1) is 19.1 Å². The predicted octanol–water partition coefficient (Wildman–Crippen LogP) is 3.89. The molecule has 0 atom stereocenters. The van der Waals surface area contributed by atoms with Crippen molar-refractivity contribution in [1.29, 1.82) is 0 Å². The zero-order valence-corrected chi connectivity index (χ0v) is 18.3. The highest BCUT2D eigenvalue weighted by molar-refractivity contribution is 7.14. The molecule has 1 aliphatic rings. The fraction of sp³-hybridized carbons (Fsp3) is 0.250. The quantitative estimate of drug-likeness (QED) is 0.637. The van der Waals surface area contributed by atoms with Crippen LogP contribution in [0.5, 0.6) is 11.5 Å². The second kappa shape index (κ2) is 9.22. The molecule has 0 saturated carbocycles. The van der Waals surface area contributed by atoms with Crippen molar-refractivity contribution in [3.63, 3.8) is 0 Å². The smallest absolute Gasteiger partial charge is 0.261 e. The van der Waals surface area contributed by atoms with Crippen molar-refractivity contribution in [3.8, 4) is 11.5 Å². The van der Waals surface area contributed by atoms with E-state index in [4.69, 9.17) is 9.47 Å². The Morgan fingerprint density at radius 3 is 2.55 bits per heavy atom. The van der Waals surface area contributed by atoms with Crippen LogP contribution in [-0.2, 0) is 19.5 Å². The van der Waals surface area contributed by atoms with Gasteiger partial charge in [0.15, 0.2) is 11.5 Å². The first-order valence-electron chi connectivity index (χ1n) is 10.0. The van der Waals surface area contributed by atoms with Gasteiger partial charge < -0.3 is 19.7 Å². The number of nitrogens with one attached hydrogen (secondary N) is 1. The molecule has 160 valence electrons. The summed E-state index contributed by atoms with van der Waals surface area (Å²) in [4.78, 5) is 29.1. The summed E-state index contributed by atoms with van der Waals surface area (Å²) in [6, 6.07) is 16.8. The van der Waals surface area contributed by atoms with Crippen LogP contribution in [0.1, 0.15) is 36.0 Å². The molecule has 0 radical (unpaired) electrons. The number of nitrogens with zero attached hydrogens (tertiary/aromatic N) is 1. The van der Waals surface area contributed by atoms with Gasteiger partial charge in [0.1, 0.15) is 0 Å². The molecule has 3 aromatic rings. The number of benzene rings is 2. The molecule has 2 aromatic carbocycles. The van der Waals surface area contributed by atoms with Crippen molar-refractivity contribution >= 4 is 23.2 Å². The first-order chi connectivity index (χ1) is 15.1. The van der Waals surface area contributed by atoms with Crippen molar-refractivity contribution < 1.29 is 19.1 Å². The largest absolute Gasteiger partial charge is 0.493 e. The van der Waals surface area contributed by atoms with Crippen molar-refractivity contribution in [1.82, 2.24) is 10.2 Å². The standard InChI is InChI=1S/C24H24N2O4S/c1-29-19-9-8-16(12-20(19)30-2)14-25-23(27)22-13-18-15-26(11-10-21(18)31-22)24(28)17-6-4-3-5-7-17/h3-9,12-13H,10-11,14-15H2,1-2H3,(H,25,27). The lowest BCUT2D eigenvalue weighted by atomic mass is 10.1. The average molecular weight is 437 g/mol. The van der Waals surface area contributed by atoms with Gasteiger partial charge in [-0.05, 0) is 47.9 Å². The molecule has 0 fully saturated rings. The van der Waals surface area contributed by atoms with Gasteiger partial charge in [0.25, 0.3) is 11.8 Å². The van der Waals surface area contributed by atoms with Crippen LogP contribution < -0.4 is 14.8 Å². The Morgan fingerprint density at radius 2 is 1.81 bits per heavy atom. The second-order valence-electron chi connectivity index (χ2n) is 7.27. The molecule has 2 amide bonds. The molecule has 4 rings (SSSR count). The number of methoxy groups -OCH3 is 2. The molecule has 1 aromatic heterocycles. The minimum atomic E-state index is -0.116. The minimum absolute atomic E-state index is 0.0249. The maximum atomic E-state index is 12.7. The first kappa shape index (κ1) is 20.9. The third kappa shape index (κ3) is 4.56. The van der Waals surface area contributed by atoms with Crippen LogP contribution in [0.3, 0.4) is 0 Å². The number of carbonyl (C=O) groups is 2. The van der Waals surface area contributed by atoms with Crippen LogP contribution in [0.25, 0.3) is 0 Å². The summed E-state index contributed by atoms with van der Waals surface area (Å²) in [5.41, 5.74) is 2.66. The Balaban J connectivity index is 1.40. The summed E-state index contributed by atoms with van der Waals surface area (Å²) >= 11 is 1.51. The van der Waals surface area contributed by atoms with Gasteiger partial charge >= 0.3 is 0 Å². The number of hydrogen-bond acceptors (Lipinski definition) is 5. The van der Waals surface area contributed by atoms with Crippen molar-refractivity contribution in [2.75, 3.05) is 20.8 Å². The lowest BCUT2D eigenvalue weighted by molar-refractivity contribution is 0.0736. The SMILES string of the molecule is COc1ccc(CNC(=O)c2cc3c(s2)CCN(C(=O)c2ccccc2)C3)cc1OC. The van der Waals surface area contributed by atoms with E-state index < -0.39 is 0 Å². The molecular weight excluding hydrogens is 412 g/mol. The summed E-state index contributed by atoms with van der Waals surface area (Å²) in [6.45, 7) is 1.58. The summed E-state index contributed by atoms with van der Waals surface area (Å²) in [5.74, 6) is 1.19. The zero-order valence-electron chi connectivity index (χ0n) is 17.5. The monoisotopic (exact) mass is 436 g/mol. The Bertz CT molecular complexity index is 1090. The molecule has 0 spiro atoms. The van der Waals surface area contributed by atoms with Gasteiger partial charge in [-0.3, -0.25) is 9.59 Å². The topological polar surface area (TPSA) is 67.9 Å². The fourth-order valence-corrected chi connectivity index (χ4v) is 4.72. The van der Waals surface area contributed by atoms with Gasteiger partial charge in [-0.2, -0.15) is 0 Å². The maximum Gasteiger partial charge on any atom is 0.261 e. The molecule has 2 heterocycles. The van der Waals surface area contributed by atoms with E-state index in [1.54, 1.807) is 14.2 Å². The summed E-state index contributed by atoms with van der Waals surface area (Å²) in [7, 11) is 3.18. The molecule has 1 aliphatic heterocycles. The van der Waals surface area contributed by atoms with E-state index in [1.807, 2.05) is 59.5 Å². The zero-order chi connectivity index (χ0) is 21.8. The Kier molecular flexibility index (Phi) is 6.23. The van der Waals surface area contributed by atoms with Crippen LogP contribution in [-0.4, -0.2) is 37.5 Å². The van der Waals surface area contributed by atoms with Crippen molar-refractivity contribution in [2.24, 2.45) is 0 Å². The van der Waals surface area contributed by atoms with Gasteiger partial charge in [-0.25, -0.2) is 0 Å². The van der Waals surface area contributed by atoms with E-state index >= 15 is 0 Å². The fourth-order valence-electron chi connectivity index (χ4n) is 3.64. The Hall–Kier alpha value is -3.32. The van der Waals surface area contributed by atoms with E-state index in [9.17, 15) is 9.59 Å². The van der Waals surface area contributed by atoms with Gasteiger partial charge in [0.2, 0.25) is 0 Å². The van der Waals surface area contributed by atoms with E-state index in [1.165, 1.54) is 16.2 Å². The minimum Gasteiger partial charge on any atom is -0.493 e. The number of carbonyl (C=O) groups excluding carboxylic acids is 2. The Labute approximate surface area is 185 Å². The van der Waals surface area contributed by atoms with Crippen LogP contribution >= 0.6 is 11.3 Å². The molecule has 0 unspecified atom stereocenters. The predicted molar refractivity (Wildman–Crippen MR) is 120 cm³/mol. The van der Waals surface area contributed by atoms with Crippen LogP contribution in [0.15, 0.2) is 54.6 Å². The summed E-state index contributed by atoms with van der Waals surface area (Å²) in [6.07, 6.45) is 0.765. The van der Waals surface area contributed by atoms with Crippen LogP contribution in [0, 0.1) is 0 Å². The highest BCUT2D eigenvalue weighted by Gasteiger charge is 2.25. The highest BCUT2D eigenvalue weighted by Crippen LogP contribution is 2.30. The van der Waals surface area contributed by atoms with Crippen molar-refractivity contribution in [3.05, 3.63) is 81.0 Å². The number of thiophene rings is 1. The number of rotatable bonds is 6. The lowest BCUT2D eigenvalue weighted by Crippen LogP contribution is -2.35. The normalized spacial score (nSPS) is 12.8. The second-order valence-corrected chi connectivity index (χ2v) is 8.41. The lowest BCUT2D eigenvalue weighted by Gasteiger charge is -2.27. The number of ether oxygens (including phenoxy) is 2. The maximum absolute atomic E-state index is 12.7. The van der Waals surface area contributed by atoms with Crippen LogP contribution in [0.4, 0.5) is 0 Å². The third-order valence-corrected chi connectivity index (χ3v) is 6.54. The van der Waals surface area contributed by atoms with Gasteiger partial charge in [-0.15, -0.1) is 11.3 Å². The number of amides is 2. The molecule has 31 heavy (non-hydrogen) atoms. The molecule has 0 bridgehead atoms. The number of hydrogen-bond donors (Lipinski definition) is 1. The van der Waals surface area contributed by atoms with Crippen molar-refractivity contribution in [2.45, 2.75) is 19.5 Å². The Morgan fingerprint density at radius 1 is 1.03 bits per heavy atom. The average Bonchev–Trinajstić information content (AvgIpc) is 3.26. The molecule has 6 nitrogen and oxygen atoms in total. The molecular formula is C24H24N2O4S. The van der Waals surface area contributed by atoms with E-state index in [0.29, 0.717) is 41.6 Å². The van der Waals surface area contributed by atoms with E-state index in [2.05, 4.69) is 5.32 Å². The van der Waals surface area contributed by atoms with E-state index in [-0.39, 0.29) is 11.8 Å². The molecule has 0 saturated heterocycles. The highest BCUT2D eigenvalue weighted by atomic mass is 32.1. The van der Waals surface area contributed by atoms with Gasteiger partial charge in [-0.1, -0.05) is 24.3 Å². The molecule has 1 N–H and O–H groups in total.